The molecule has 0 aromatic heterocycles. The highest BCUT2D eigenvalue weighted by atomic mass is 16.7. The topological polar surface area (TPSA) is 135 Å². The van der Waals surface area contributed by atoms with Crippen LogP contribution in [0.15, 0.2) is 60.8 Å². The second kappa shape index (κ2) is 47.9. The molecule has 0 aromatic carbocycles. The summed E-state index contributed by atoms with van der Waals surface area (Å²) in [5.74, 6) is -0.326. The zero-order valence-electron chi connectivity index (χ0n) is 42.4. The van der Waals surface area contributed by atoms with E-state index in [1.165, 1.54) is 148 Å². The van der Waals surface area contributed by atoms with Crippen molar-refractivity contribution in [3.05, 3.63) is 60.8 Å². The summed E-state index contributed by atoms with van der Waals surface area (Å²) in [6.45, 7) is 4.53. The predicted molar refractivity (Wildman–Crippen MR) is 274 cm³/mol. The fraction of sp³-hybridized carbons (Fsp3) is 0.807. The zero-order chi connectivity index (χ0) is 47.8. The van der Waals surface area contributed by atoms with E-state index in [-0.39, 0.29) is 19.2 Å². The number of carbonyl (C=O) groups excluding carboxylic acids is 1. The van der Waals surface area contributed by atoms with Crippen molar-refractivity contribution in [2.75, 3.05) is 26.4 Å². The highest BCUT2D eigenvalue weighted by Gasteiger charge is 2.44. The van der Waals surface area contributed by atoms with Crippen LogP contribution >= 0.6 is 0 Å². The second-order valence-electron chi connectivity index (χ2n) is 18.7. The van der Waals surface area contributed by atoms with Gasteiger partial charge in [0.1, 0.15) is 30.5 Å². The first-order chi connectivity index (χ1) is 32.4. The van der Waals surface area contributed by atoms with Crippen molar-refractivity contribution in [3.8, 4) is 0 Å². The first-order valence-electron chi connectivity index (χ1n) is 27.4. The van der Waals surface area contributed by atoms with Crippen LogP contribution in [0.3, 0.4) is 0 Å². The third-order valence-corrected chi connectivity index (χ3v) is 12.4. The summed E-state index contributed by atoms with van der Waals surface area (Å²) in [7, 11) is 0. The summed E-state index contributed by atoms with van der Waals surface area (Å²) in [5.41, 5.74) is 0. The minimum atomic E-state index is -1.54. The molecule has 0 spiro atoms. The molecule has 0 bridgehead atoms. The average molecular weight is 931 g/mol. The van der Waals surface area contributed by atoms with E-state index in [9.17, 15) is 25.2 Å². The van der Waals surface area contributed by atoms with Gasteiger partial charge in [-0.25, -0.2) is 0 Å². The van der Waals surface area contributed by atoms with Gasteiger partial charge in [-0.2, -0.15) is 0 Å². The molecule has 9 heteroatoms. The van der Waals surface area contributed by atoms with Crippen LogP contribution in [0.5, 0.6) is 0 Å². The monoisotopic (exact) mass is 931 g/mol. The Kier molecular flexibility index (Phi) is 45.0. The number of carbonyl (C=O) groups is 1. The lowest BCUT2D eigenvalue weighted by Crippen LogP contribution is -2.59. The standard InChI is InChI=1S/C57H102O9/c1-3-5-7-9-11-13-15-17-19-21-23-25-27-29-31-33-35-37-39-41-43-45-47-63-49-51(50-64-57-56(62)55(61)54(60)52(48-58)66-57)65-53(59)46-44-42-40-38-36-34-32-30-28-26-24-22-20-18-16-14-12-10-8-6-4-2/h15-18,21-24,28,30,51-52,54-58,60-62H,3-14,19-20,25-27,29,31-50H2,1-2H3/b17-15-,18-16-,23-21-,24-22-,30-28-. The molecular formula is C57H102O9. The van der Waals surface area contributed by atoms with Crippen LogP contribution in [0.1, 0.15) is 232 Å². The van der Waals surface area contributed by atoms with Gasteiger partial charge >= 0.3 is 5.97 Å². The first-order valence-corrected chi connectivity index (χ1v) is 27.4. The molecule has 1 rings (SSSR count). The van der Waals surface area contributed by atoms with E-state index in [0.717, 1.165) is 64.2 Å². The van der Waals surface area contributed by atoms with Crippen LogP contribution in [0.2, 0.25) is 0 Å². The van der Waals surface area contributed by atoms with Crippen LogP contribution in [-0.2, 0) is 23.7 Å². The molecule has 6 atom stereocenters. The molecule has 1 aliphatic rings. The van der Waals surface area contributed by atoms with Gasteiger partial charge in [-0.1, -0.05) is 203 Å². The van der Waals surface area contributed by atoms with Crippen molar-refractivity contribution in [2.24, 2.45) is 0 Å². The van der Waals surface area contributed by atoms with Gasteiger partial charge in [0.25, 0.3) is 0 Å². The van der Waals surface area contributed by atoms with Crippen molar-refractivity contribution < 1.29 is 44.2 Å². The SMILES string of the molecule is CCCCCCC/C=C\C/C=C\C/C=C\CCCCCCCCC(=O)OC(COCCCCCCCCCCCC/C=C\C/C=C\CCCCCCC)COC1OC(CO)C(O)C(O)C1O. The molecule has 1 heterocycles. The minimum absolute atomic E-state index is 0.122. The van der Waals surface area contributed by atoms with Crippen molar-refractivity contribution in [1.82, 2.24) is 0 Å². The van der Waals surface area contributed by atoms with Gasteiger partial charge in [0, 0.05) is 13.0 Å². The van der Waals surface area contributed by atoms with Crippen LogP contribution in [-0.4, -0.2) is 89.6 Å². The molecule has 4 N–H and O–H groups in total. The lowest BCUT2D eigenvalue weighted by atomic mass is 9.99. The average Bonchev–Trinajstić information content (AvgIpc) is 3.32. The molecule has 384 valence electrons. The van der Waals surface area contributed by atoms with Gasteiger partial charge in [0.05, 0.1) is 19.8 Å². The summed E-state index contributed by atoms with van der Waals surface area (Å²) in [6.07, 6.45) is 55.4. The van der Waals surface area contributed by atoms with E-state index in [1.807, 2.05) is 0 Å². The summed E-state index contributed by atoms with van der Waals surface area (Å²) < 4.78 is 22.9. The van der Waals surface area contributed by atoms with Gasteiger partial charge in [-0.15, -0.1) is 0 Å². The van der Waals surface area contributed by atoms with Crippen LogP contribution in [0, 0.1) is 0 Å². The summed E-state index contributed by atoms with van der Waals surface area (Å²) >= 11 is 0. The maximum atomic E-state index is 12.9. The normalized spacial score (nSPS) is 19.8. The molecule has 0 radical (unpaired) electrons. The van der Waals surface area contributed by atoms with Crippen molar-refractivity contribution in [1.29, 1.82) is 0 Å². The quantitative estimate of drug-likeness (QED) is 0.0267. The number of aliphatic hydroxyl groups excluding tert-OH is 4. The van der Waals surface area contributed by atoms with E-state index in [1.54, 1.807) is 0 Å². The van der Waals surface area contributed by atoms with E-state index in [4.69, 9.17) is 18.9 Å². The Labute approximate surface area is 405 Å². The Hall–Kier alpha value is -2.11. The Balaban J connectivity index is 2.20. The minimum Gasteiger partial charge on any atom is -0.457 e. The molecule has 1 aliphatic heterocycles. The van der Waals surface area contributed by atoms with Gasteiger partial charge in [0.15, 0.2) is 6.29 Å². The molecule has 66 heavy (non-hydrogen) atoms. The van der Waals surface area contributed by atoms with Crippen LogP contribution < -0.4 is 0 Å². The van der Waals surface area contributed by atoms with E-state index in [0.29, 0.717) is 13.0 Å². The fourth-order valence-corrected chi connectivity index (χ4v) is 8.12. The van der Waals surface area contributed by atoms with E-state index >= 15 is 0 Å². The molecule has 0 amide bonds. The molecule has 0 aliphatic carbocycles. The molecule has 0 aromatic rings. The maximum absolute atomic E-state index is 12.9. The number of allylic oxidation sites excluding steroid dienone is 10. The number of esters is 1. The second-order valence-corrected chi connectivity index (χ2v) is 18.7. The summed E-state index contributed by atoms with van der Waals surface area (Å²) in [4.78, 5) is 12.9. The number of aliphatic hydroxyl groups is 4. The number of unbranched alkanes of at least 4 members (excludes halogenated alkanes) is 26. The van der Waals surface area contributed by atoms with Crippen LogP contribution in [0.4, 0.5) is 0 Å². The number of hydrogen-bond acceptors (Lipinski definition) is 9. The Morgan fingerprint density at radius 2 is 0.879 bits per heavy atom. The van der Waals surface area contributed by atoms with Gasteiger partial charge < -0.3 is 39.4 Å². The van der Waals surface area contributed by atoms with E-state index in [2.05, 4.69) is 74.6 Å². The lowest BCUT2D eigenvalue weighted by molar-refractivity contribution is -0.305. The molecule has 1 fully saturated rings. The Morgan fingerprint density at radius 3 is 1.32 bits per heavy atom. The van der Waals surface area contributed by atoms with Gasteiger partial charge in [0.2, 0.25) is 0 Å². The highest BCUT2D eigenvalue weighted by Crippen LogP contribution is 2.23. The van der Waals surface area contributed by atoms with E-state index < -0.39 is 43.4 Å². The van der Waals surface area contributed by atoms with Crippen molar-refractivity contribution >= 4 is 5.97 Å². The molecule has 0 saturated carbocycles. The molecule has 6 unspecified atom stereocenters. The first kappa shape index (κ1) is 61.9. The zero-order valence-corrected chi connectivity index (χ0v) is 42.4. The smallest absolute Gasteiger partial charge is 0.306 e. The predicted octanol–water partition coefficient (Wildman–Crippen LogP) is 13.8. The fourth-order valence-electron chi connectivity index (χ4n) is 8.12. The number of hydrogen-bond donors (Lipinski definition) is 4. The number of ether oxygens (including phenoxy) is 4. The molecule has 9 nitrogen and oxygen atoms in total. The highest BCUT2D eigenvalue weighted by molar-refractivity contribution is 5.69. The van der Waals surface area contributed by atoms with Crippen molar-refractivity contribution in [3.63, 3.8) is 0 Å². The van der Waals surface area contributed by atoms with Crippen LogP contribution in [0.25, 0.3) is 0 Å². The van der Waals surface area contributed by atoms with Gasteiger partial charge in [-0.05, 0) is 83.5 Å². The third kappa shape index (κ3) is 37.8. The largest absolute Gasteiger partial charge is 0.457 e. The molecular weight excluding hydrogens is 829 g/mol. The third-order valence-electron chi connectivity index (χ3n) is 12.4. The van der Waals surface area contributed by atoms with Gasteiger partial charge in [-0.3, -0.25) is 4.79 Å². The Bertz CT molecular complexity index is 1200. The summed E-state index contributed by atoms with van der Waals surface area (Å²) in [5, 5.41) is 40.3. The maximum Gasteiger partial charge on any atom is 0.306 e. The number of rotatable bonds is 47. The lowest BCUT2D eigenvalue weighted by Gasteiger charge is -2.39. The Morgan fingerprint density at radius 1 is 0.485 bits per heavy atom. The van der Waals surface area contributed by atoms with Crippen molar-refractivity contribution in [2.45, 2.75) is 269 Å². The molecule has 1 saturated heterocycles. The summed E-state index contributed by atoms with van der Waals surface area (Å²) in [6, 6.07) is 0.